The fourth-order valence-corrected chi connectivity index (χ4v) is 2.17. The molecule has 0 saturated carbocycles. The van der Waals surface area contributed by atoms with Crippen molar-refractivity contribution < 1.29 is 14.6 Å². The predicted octanol–water partition coefficient (Wildman–Crippen LogP) is 4.19. The van der Waals surface area contributed by atoms with Crippen LogP contribution in [0.1, 0.15) is 46.5 Å². The number of unbranched alkanes of at least 4 members (excludes halogenated alkanes) is 2. The normalized spacial score (nSPS) is 10.7. The van der Waals surface area contributed by atoms with Crippen LogP contribution in [0.5, 0.6) is 5.75 Å². The number of ether oxygens (including phenoxy) is 1. The third kappa shape index (κ3) is 7.34. The van der Waals surface area contributed by atoms with E-state index in [-0.39, 0.29) is 6.42 Å². The van der Waals surface area contributed by atoms with Gasteiger partial charge in [-0.2, -0.15) is 0 Å². The second-order valence-electron chi connectivity index (χ2n) is 6.04. The molecule has 1 aromatic carbocycles. The van der Waals surface area contributed by atoms with Gasteiger partial charge in [0.1, 0.15) is 5.75 Å². The van der Waals surface area contributed by atoms with Crippen molar-refractivity contribution in [1.82, 2.24) is 0 Å². The van der Waals surface area contributed by atoms with Gasteiger partial charge in [0.25, 0.3) is 0 Å². The number of anilines is 1. The van der Waals surface area contributed by atoms with E-state index in [0.717, 1.165) is 30.8 Å². The minimum Gasteiger partial charge on any atom is -0.493 e. The molecule has 0 aliphatic rings. The van der Waals surface area contributed by atoms with E-state index in [0.29, 0.717) is 19.1 Å². The standard InChI is InChI=1S/C18H29NO3/c1-4-5-6-12-19(13-11-18(20)21)16-7-9-17(10-8-16)22-14-15(2)3/h7-10,15H,4-6,11-14H2,1-3H3,(H,20,21). The number of carbonyl (C=O) groups is 1. The third-order valence-corrected chi connectivity index (χ3v) is 3.41. The molecule has 0 saturated heterocycles. The number of rotatable bonds is 11. The number of benzene rings is 1. The second-order valence-corrected chi connectivity index (χ2v) is 6.04. The second kappa shape index (κ2) is 10.1. The van der Waals surface area contributed by atoms with Gasteiger partial charge in [0.2, 0.25) is 0 Å². The van der Waals surface area contributed by atoms with E-state index < -0.39 is 5.97 Å². The molecule has 0 fully saturated rings. The van der Waals surface area contributed by atoms with Crippen molar-refractivity contribution in [3.8, 4) is 5.75 Å². The van der Waals surface area contributed by atoms with Crippen LogP contribution in [0, 0.1) is 5.92 Å². The van der Waals surface area contributed by atoms with Gasteiger partial charge >= 0.3 is 5.97 Å². The van der Waals surface area contributed by atoms with E-state index in [1.165, 1.54) is 6.42 Å². The molecule has 0 aliphatic heterocycles. The predicted molar refractivity (Wildman–Crippen MR) is 90.8 cm³/mol. The van der Waals surface area contributed by atoms with E-state index in [1.807, 2.05) is 24.3 Å². The lowest BCUT2D eigenvalue weighted by atomic mass is 10.2. The fraction of sp³-hybridized carbons (Fsp3) is 0.611. The molecule has 0 aliphatic carbocycles. The van der Waals surface area contributed by atoms with Crippen molar-refractivity contribution in [2.75, 3.05) is 24.6 Å². The Balaban J connectivity index is 2.64. The van der Waals surface area contributed by atoms with E-state index in [9.17, 15) is 4.79 Å². The first-order valence-corrected chi connectivity index (χ1v) is 8.22. The molecule has 0 aromatic heterocycles. The molecule has 124 valence electrons. The van der Waals surface area contributed by atoms with Crippen molar-refractivity contribution in [2.45, 2.75) is 46.5 Å². The summed E-state index contributed by atoms with van der Waals surface area (Å²) in [5, 5.41) is 8.90. The summed E-state index contributed by atoms with van der Waals surface area (Å²) in [4.78, 5) is 13.0. The van der Waals surface area contributed by atoms with Crippen LogP contribution in [0.25, 0.3) is 0 Å². The third-order valence-electron chi connectivity index (χ3n) is 3.41. The zero-order chi connectivity index (χ0) is 16.4. The number of nitrogens with zero attached hydrogens (tertiary/aromatic N) is 1. The summed E-state index contributed by atoms with van der Waals surface area (Å²) in [6.45, 7) is 8.56. The summed E-state index contributed by atoms with van der Waals surface area (Å²) >= 11 is 0. The lowest BCUT2D eigenvalue weighted by Gasteiger charge is -2.24. The molecule has 1 aromatic rings. The van der Waals surface area contributed by atoms with Gasteiger partial charge in [0.15, 0.2) is 0 Å². The van der Waals surface area contributed by atoms with Crippen LogP contribution >= 0.6 is 0 Å². The van der Waals surface area contributed by atoms with Crippen LogP contribution < -0.4 is 9.64 Å². The average molecular weight is 307 g/mol. The molecule has 0 heterocycles. The van der Waals surface area contributed by atoms with Crippen molar-refractivity contribution >= 4 is 11.7 Å². The van der Waals surface area contributed by atoms with Crippen LogP contribution in [0.2, 0.25) is 0 Å². The van der Waals surface area contributed by atoms with Crippen molar-refractivity contribution in [3.63, 3.8) is 0 Å². The minimum atomic E-state index is -0.752. The van der Waals surface area contributed by atoms with Crippen molar-refractivity contribution in [3.05, 3.63) is 24.3 Å². The minimum absolute atomic E-state index is 0.164. The zero-order valence-electron chi connectivity index (χ0n) is 14.0. The molecule has 0 amide bonds. The quantitative estimate of drug-likeness (QED) is 0.623. The summed E-state index contributed by atoms with van der Waals surface area (Å²) < 4.78 is 5.69. The first-order chi connectivity index (χ1) is 10.5. The number of carboxylic acid groups (broad SMARTS) is 1. The first-order valence-electron chi connectivity index (χ1n) is 8.22. The molecular formula is C18H29NO3. The Morgan fingerprint density at radius 1 is 1.18 bits per heavy atom. The Morgan fingerprint density at radius 3 is 2.41 bits per heavy atom. The number of carboxylic acids is 1. The summed E-state index contributed by atoms with van der Waals surface area (Å²) in [6.07, 6.45) is 3.58. The van der Waals surface area contributed by atoms with E-state index >= 15 is 0 Å². The zero-order valence-corrected chi connectivity index (χ0v) is 14.0. The summed E-state index contributed by atoms with van der Waals surface area (Å²) in [7, 11) is 0. The van der Waals surface area contributed by atoms with Gasteiger partial charge in [-0.1, -0.05) is 33.6 Å². The highest BCUT2D eigenvalue weighted by molar-refractivity contribution is 5.67. The van der Waals surface area contributed by atoms with E-state index in [1.54, 1.807) is 0 Å². The Kier molecular flexibility index (Phi) is 8.41. The monoisotopic (exact) mass is 307 g/mol. The number of aliphatic carboxylic acids is 1. The average Bonchev–Trinajstić information content (AvgIpc) is 2.49. The van der Waals surface area contributed by atoms with Crippen LogP contribution in [0.15, 0.2) is 24.3 Å². The van der Waals surface area contributed by atoms with Gasteiger partial charge in [0, 0.05) is 18.8 Å². The summed E-state index contributed by atoms with van der Waals surface area (Å²) in [5.41, 5.74) is 1.06. The Hall–Kier alpha value is -1.71. The Bertz CT molecular complexity index is 428. The van der Waals surface area contributed by atoms with Crippen LogP contribution in [-0.2, 0) is 4.79 Å². The smallest absolute Gasteiger partial charge is 0.305 e. The Morgan fingerprint density at radius 2 is 1.86 bits per heavy atom. The topological polar surface area (TPSA) is 49.8 Å². The van der Waals surface area contributed by atoms with E-state index in [2.05, 4.69) is 25.7 Å². The van der Waals surface area contributed by atoms with E-state index in [4.69, 9.17) is 9.84 Å². The van der Waals surface area contributed by atoms with Gasteiger partial charge in [-0.15, -0.1) is 0 Å². The molecule has 0 radical (unpaired) electrons. The molecule has 0 unspecified atom stereocenters. The number of hydrogen-bond donors (Lipinski definition) is 1. The fourth-order valence-electron chi connectivity index (χ4n) is 2.17. The van der Waals surface area contributed by atoms with Crippen molar-refractivity contribution in [2.24, 2.45) is 5.92 Å². The lowest BCUT2D eigenvalue weighted by Crippen LogP contribution is -2.27. The Labute approximate surface area is 134 Å². The summed E-state index contributed by atoms with van der Waals surface area (Å²) in [6, 6.07) is 7.96. The highest BCUT2D eigenvalue weighted by atomic mass is 16.5. The molecule has 4 nitrogen and oxygen atoms in total. The maximum absolute atomic E-state index is 10.8. The van der Waals surface area contributed by atoms with Crippen LogP contribution in [0.3, 0.4) is 0 Å². The largest absolute Gasteiger partial charge is 0.493 e. The molecule has 1 rings (SSSR count). The number of hydrogen-bond acceptors (Lipinski definition) is 3. The van der Waals surface area contributed by atoms with Gasteiger partial charge in [-0.25, -0.2) is 0 Å². The maximum Gasteiger partial charge on any atom is 0.305 e. The van der Waals surface area contributed by atoms with Gasteiger partial charge < -0.3 is 14.7 Å². The molecule has 0 atom stereocenters. The first kappa shape index (κ1) is 18.3. The summed E-state index contributed by atoms with van der Waals surface area (Å²) in [5.74, 6) is 0.613. The van der Waals surface area contributed by atoms with Crippen molar-refractivity contribution in [1.29, 1.82) is 0 Å². The molecule has 22 heavy (non-hydrogen) atoms. The SMILES string of the molecule is CCCCCN(CCC(=O)O)c1ccc(OCC(C)C)cc1. The highest BCUT2D eigenvalue weighted by Gasteiger charge is 2.09. The van der Waals surface area contributed by atoms with Gasteiger partial charge in [0.05, 0.1) is 13.0 Å². The van der Waals surface area contributed by atoms with Crippen LogP contribution in [-0.4, -0.2) is 30.8 Å². The molecule has 0 bridgehead atoms. The highest BCUT2D eigenvalue weighted by Crippen LogP contribution is 2.21. The van der Waals surface area contributed by atoms with Gasteiger partial charge in [-0.05, 0) is 36.6 Å². The lowest BCUT2D eigenvalue weighted by molar-refractivity contribution is -0.136. The molecule has 1 N–H and O–H groups in total. The van der Waals surface area contributed by atoms with Crippen LogP contribution in [0.4, 0.5) is 5.69 Å². The maximum atomic E-state index is 10.8. The molecule has 4 heteroatoms. The van der Waals surface area contributed by atoms with Gasteiger partial charge in [-0.3, -0.25) is 4.79 Å². The molecule has 0 spiro atoms. The molecular weight excluding hydrogens is 278 g/mol.